The molecule has 0 aromatic heterocycles. The largest absolute Gasteiger partial charge is 0.343 e. The second-order valence-corrected chi connectivity index (χ2v) is 5.28. The Labute approximate surface area is 129 Å². The Balaban J connectivity index is 2.22. The van der Waals surface area contributed by atoms with E-state index in [4.69, 9.17) is 11.6 Å². The molecule has 0 bridgehead atoms. The number of amides is 2. The van der Waals surface area contributed by atoms with Crippen LogP contribution in [0, 0.1) is 0 Å². The molecular formula is C16H19ClN2O2. The van der Waals surface area contributed by atoms with Crippen molar-refractivity contribution >= 4 is 23.4 Å². The first kappa shape index (κ1) is 15.6. The lowest BCUT2D eigenvalue weighted by atomic mass is 9.99. The Morgan fingerprint density at radius 1 is 1.29 bits per heavy atom. The quantitative estimate of drug-likeness (QED) is 0.905. The van der Waals surface area contributed by atoms with E-state index in [2.05, 4.69) is 5.32 Å². The fraction of sp³-hybridized carbons (Fsp3) is 0.375. The van der Waals surface area contributed by atoms with Crippen LogP contribution in [0.4, 0.5) is 0 Å². The molecule has 0 aliphatic carbocycles. The number of nitrogens with one attached hydrogen (secondary N) is 1. The minimum Gasteiger partial charge on any atom is -0.343 e. The molecule has 1 saturated heterocycles. The maximum absolute atomic E-state index is 12.4. The number of carbonyl (C=O) groups excluding carboxylic acids is 2. The van der Waals surface area contributed by atoms with Gasteiger partial charge in [-0.05, 0) is 12.0 Å². The molecular weight excluding hydrogens is 288 g/mol. The minimum absolute atomic E-state index is 0.0483. The van der Waals surface area contributed by atoms with Crippen LogP contribution in [0.15, 0.2) is 41.9 Å². The van der Waals surface area contributed by atoms with Crippen molar-refractivity contribution in [3.05, 3.63) is 47.5 Å². The predicted octanol–water partition coefficient (Wildman–Crippen LogP) is 2.09. The molecule has 112 valence electrons. The van der Waals surface area contributed by atoms with Crippen molar-refractivity contribution < 1.29 is 9.59 Å². The molecule has 0 saturated carbocycles. The van der Waals surface area contributed by atoms with Gasteiger partial charge < -0.3 is 10.2 Å². The van der Waals surface area contributed by atoms with Crippen LogP contribution in [-0.2, 0) is 16.0 Å². The summed E-state index contributed by atoms with van der Waals surface area (Å²) in [5.41, 5.74) is 2.40. The predicted molar refractivity (Wildman–Crippen MR) is 82.9 cm³/mol. The fourth-order valence-electron chi connectivity index (χ4n) is 2.51. The lowest BCUT2D eigenvalue weighted by molar-refractivity contribution is -0.148. The minimum atomic E-state index is -0.490. The molecule has 21 heavy (non-hydrogen) atoms. The van der Waals surface area contributed by atoms with Crippen molar-refractivity contribution in [3.8, 4) is 0 Å². The third kappa shape index (κ3) is 3.64. The standard InChI is InChI=1S/C16H19ClN2O2/c1-2-13-16(21)19(10-6-9-17)14(15(20)18-13)11-12-7-4-3-5-8-12/h3-9,13-14H,2,10-11H2,1H3,(H,18,20)/b9-6+. The van der Waals surface area contributed by atoms with Gasteiger partial charge in [0.2, 0.25) is 11.8 Å². The van der Waals surface area contributed by atoms with Crippen molar-refractivity contribution in [2.24, 2.45) is 0 Å². The topological polar surface area (TPSA) is 49.4 Å². The summed E-state index contributed by atoms with van der Waals surface area (Å²) in [5.74, 6) is -0.152. The van der Waals surface area contributed by atoms with Gasteiger partial charge >= 0.3 is 0 Å². The summed E-state index contributed by atoms with van der Waals surface area (Å²) >= 11 is 5.56. The molecule has 1 aliphatic rings. The molecule has 1 fully saturated rings. The zero-order valence-electron chi connectivity index (χ0n) is 12.0. The molecule has 1 aliphatic heterocycles. The summed E-state index contributed by atoms with van der Waals surface area (Å²) in [6, 6.07) is 8.77. The van der Waals surface area contributed by atoms with Gasteiger partial charge in [0.1, 0.15) is 12.1 Å². The Kier molecular flexibility index (Phi) is 5.39. The fourth-order valence-corrected chi connectivity index (χ4v) is 2.59. The highest BCUT2D eigenvalue weighted by atomic mass is 35.5. The van der Waals surface area contributed by atoms with Gasteiger partial charge in [-0.25, -0.2) is 0 Å². The van der Waals surface area contributed by atoms with E-state index in [0.29, 0.717) is 19.4 Å². The summed E-state index contributed by atoms with van der Waals surface area (Å²) in [5, 5.41) is 2.81. The van der Waals surface area contributed by atoms with Crippen molar-refractivity contribution in [1.29, 1.82) is 0 Å². The van der Waals surface area contributed by atoms with Gasteiger partial charge in [-0.2, -0.15) is 0 Å². The van der Waals surface area contributed by atoms with E-state index < -0.39 is 12.1 Å². The normalized spacial score (nSPS) is 22.7. The number of halogens is 1. The Bertz CT molecular complexity index is 530. The van der Waals surface area contributed by atoms with E-state index in [1.54, 1.807) is 11.0 Å². The van der Waals surface area contributed by atoms with E-state index in [0.717, 1.165) is 5.56 Å². The number of piperazine rings is 1. The number of carbonyl (C=O) groups is 2. The van der Waals surface area contributed by atoms with Crippen LogP contribution in [0.25, 0.3) is 0 Å². The van der Waals surface area contributed by atoms with Crippen LogP contribution in [0.3, 0.4) is 0 Å². The molecule has 5 heteroatoms. The molecule has 2 amide bonds. The average molecular weight is 307 g/mol. The van der Waals surface area contributed by atoms with Crippen molar-refractivity contribution in [2.75, 3.05) is 6.54 Å². The van der Waals surface area contributed by atoms with Gasteiger partial charge in [0.05, 0.1) is 0 Å². The first-order chi connectivity index (χ1) is 10.2. The zero-order valence-corrected chi connectivity index (χ0v) is 12.7. The molecule has 2 rings (SSSR count). The maximum Gasteiger partial charge on any atom is 0.246 e. The van der Waals surface area contributed by atoms with Crippen LogP contribution < -0.4 is 5.32 Å². The van der Waals surface area contributed by atoms with Crippen LogP contribution in [0.5, 0.6) is 0 Å². The van der Waals surface area contributed by atoms with Crippen LogP contribution in [0.2, 0.25) is 0 Å². The first-order valence-corrected chi connectivity index (χ1v) is 7.51. The number of benzene rings is 1. The van der Waals surface area contributed by atoms with Gasteiger partial charge in [0, 0.05) is 18.5 Å². The number of hydrogen-bond acceptors (Lipinski definition) is 2. The second-order valence-electron chi connectivity index (χ2n) is 5.03. The molecule has 2 unspecified atom stereocenters. The third-order valence-corrected chi connectivity index (χ3v) is 3.83. The smallest absolute Gasteiger partial charge is 0.246 e. The van der Waals surface area contributed by atoms with Gasteiger partial charge in [0.15, 0.2) is 0 Å². The third-order valence-electron chi connectivity index (χ3n) is 3.65. The van der Waals surface area contributed by atoms with Gasteiger partial charge in [-0.15, -0.1) is 0 Å². The Hall–Kier alpha value is -1.81. The highest BCUT2D eigenvalue weighted by Crippen LogP contribution is 2.16. The highest BCUT2D eigenvalue weighted by Gasteiger charge is 2.38. The average Bonchev–Trinajstić information content (AvgIpc) is 2.51. The van der Waals surface area contributed by atoms with Crippen LogP contribution >= 0.6 is 11.6 Å². The van der Waals surface area contributed by atoms with E-state index in [-0.39, 0.29) is 11.8 Å². The lowest BCUT2D eigenvalue weighted by Crippen LogP contribution is -2.63. The van der Waals surface area contributed by atoms with Crippen molar-refractivity contribution in [1.82, 2.24) is 10.2 Å². The second kappa shape index (κ2) is 7.27. The van der Waals surface area contributed by atoms with E-state index in [1.165, 1.54) is 5.54 Å². The summed E-state index contributed by atoms with van der Waals surface area (Å²) in [6.07, 6.45) is 2.78. The van der Waals surface area contributed by atoms with E-state index in [1.807, 2.05) is 37.3 Å². The SMILES string of the molecule is CCC1NC(=O)C(Cc2ccccc2)N(C/C=C/Cl)C1=O. The van der Waals surface area contributed by atoms with Gasteiger partial charge in [-0.3, -0.25) is 9.59 Å². The van der Waals surface area contributed by atoms with Crippen LogP contribution in [0.1, 0.15) is 18.9 Å². The molecule has 1 aromatic carbocycles. The molecule has 1 N–H and O–H groups in total. The molecule has 1 heterocycles. The molecule has 0 radical (unpaired) electrons. The summed E-state index contributed by atoms with van der Waals surface area (Å²) in [6.45, 7) is 2.24. The highest BCUT2D eigenvalue weighted by molar-refractivity contribution is 6.25. The van der Waals surface area contributed by atoms with Crippen molar-refractivity contribution in [3.63, 3.8) is 0 Å². The molecule has 2 atom stereocenters. The van der Waals surface area contributed by atoms with Crippen molar-refractivity contribution in [2.45, 2.75) is 31.8 Å². The van der Waals surface area contributed by atoms with Gasteiger partial charge in [-0.1, -0.05) is 54.9 Å². The van der Waals surface area contributed by atoms with Gasteiger partial charge in [0.25, 0.3) is 0 Å². The molecule has 1 aromatic rings. The monoisotopic (exact) mass is 306 g/mol. The van der Waals surface area contributed by atoms with Crippen LogP contribution in [-0.4, -0.2) is 35.3 Å². The number of rotatable bonds is 5. The summed E-state index contributed by atoms with van der Waals surface area (Å²) in [7, 11) is 0. The molecule has 4 nitrogen and oxygen atoms in total. The summed E-state index contributed by atoms with van der Waals surface area (Å²) in [4.78, 5) is 26.4. The Morgan fingerprint density at radius 3 is 2.62 bits per heavy atom. The Morgan fingerprint density at radius 2 is 2.00 bits per heavy atom. The van der Waals surface area contributed by atoms with E-state index in [9.17, 15) is 9.59 Å². The molecule has 0 spiro atoms. The lowest BCUT2D eigenvalue weighted by Gasteiger charge is -2.38. The maximum atomic E-state index is 12.4. The zero-order chi connectivity index (χ0) is 15.2. The number of nitrogens with zero attached hydrogens (tertiary/aromatic N) is 1. The summed E-state index contributed by atoms with van der Waals surface area (Å²) < 4.78 is 0. The van der Waals surface area contributed by atoms with E-state index >= 15 is 0 Å². The number of hydrogen-bond donors (Lipinski definition) is 1. The first-order valence-electron chi connectivity index (χ1n) is 7.07.